The van der Waals surface area contributed by atoms with Crippen LogP contribution in [0.25, 0.3) is 10.8 Å². The van der Waals surface area contributed by atoms with Crippen molar-refractivity contribution in [1.29, 1.82) is 0 Å². The molecular formula is C21H29ClNO2+. The lowest BCUT2D eigenvalue weighted by Crippen LogP contribution is -3.14. The van der Waals surface area contributed by atoms with E-state index < -0.39 is 0 Å². The average molecular weight is 363 g/mol. The fraction of sp³-hybridized carbons (Fsp3) is 0.524. The van der Waals surface area contributed by atoms with Crippen LogP contribution in [0, 0.1) is 11.8 Å². The van der Waals surface area contributed by atoms with E-state index in [9.17, 15) is 0 Å². The van der Waals surface area contributed by atoms with Crippen LogP contribution in [-0.4, -0.2) is 39.5 Å². The number of benzene rings is 2. The summed E-state index contributed by atoms with van der Waals surface area (Å²) in [7, 11) is 0. The number of nitrogens with one attached hydrogen (secondary N) is 1. The second-order valence-electron chi connectivity index (χ2n) is 7.41. The molecule has 1 aliphatic heterocycles. The zero-order valence-electron chi connectivity index (χ0n) is 15.3. The summed E-state index contributed by atoms with van der Waals surface area (Å²) in [5, 5.41) is 2.84. The molecule has 25 heavy (non-hydrogen) atoms. The van der Waals surface area contributed by atoms with Gasteiger partial charge in [0.1, 0.15) is 18.9 Å². The summed E-state index contributed by atoms with van der Waals surface area (Å²) in [5.41, 5.74) is 0. The van der Waals surface area contributed by atoms with E-state index >= 15 is 0 Å². The minimum atomic E-state index is 0.563. The number of likely N-dealkylation sites (tertiary alicyclic amines) is 1. The van der Waals surface area contributed by atoms with Gasteiger partial charge in [-0.1, -0.05) is 49.7 Å². The molecule has 0 radical (unpaired) electrons. The molecule has 136 valence electrons. The highest BCUT2D eigenvalue weighted by Gasteiger charge is 2.24. The van der Waals surface area contributed by atoms with Gasteiger partial charge in [0.15, 0.2) is 0 Å². The topological polar surface area (TPSA) is 22.9 Å². The molecule has 3 rings (SSSR count). The molecule has 3 nitrogen and oxygen atoms in total. The van der Waals surface area contributed by atoms with Crippen LogP contribution in [-0.2, 0) is 4.74 Å². The molecule has 4 heteroatoms. The predicted octanol–water partition coefficient (Wildman–Crippen LogP) is 3.45. The van der Waals surface area contributed by atoms with E-state index in [-0.39, 0.29) is 0 Å². The van der Waals surface area contributed by atoms with E-state index in [2.05, 4.69) is 13.8 Å². The summed E-state index contributed by atoms with van der Waals surface area (Å²) in [5.74, 6) is 2.54. The molecule has 2 aromatic rings. The summed E-state index contributed by atoms with van der Waals surface area (Å²) >= 11 is 6.24. The van der Waals surface area contributed by atoms with Crippen LogP contribution in [0.3, 0.4) is 0 Å². The number of piperidine rings is 1. The number of hydrogen-bond donors (Lipinski definition) is 1. The first-order valence-corrected chi connectivity index (χ1v) is 9.72. The third kappa shape index (κ3) is 5.10. The highest BCUT2D eigenvalue weighted by molar-refractivity contribution is 6.35. The maximum atomic E-state index is 6.24. The zero-order chi connectivity index (χ0) is 17.6. The number of quaternary nitrogens is 1. The maximum Gasteiger partial charge on any atom is 0.127 e. The van der Waals surface area contributed by atoms with E-state index in [0.29, 0.717) is 13.2 Å². The fourth-order valence-corrected chi connectivity index (χ4v) is 4.24. The second kappa shape index (κ2) is 8.88. The van der Waals surface area contributed by atoms with Gasteiger partial charge >= 0.3 is 0 Å². The molecule has 0 saturated carbocycles. The molecule has 1 aliphatic rings. The minimum Gasteiger partial charge on any atom is -0.491 e. The SMILES string of the molecule is C[C@@H]1C[C@H](C)C[NH+](CCOCCOc2ccc(Cl)c3ccccc23)C1. The van der Waals surface area contributed by atoms with Gasteiger partial charge in [-0.3, -0.25) is 0 Å². The molecule has 0 aliphatic carbocycles. The molecule has 1 fully saturated rings. The fourth-order valence-electron chi connectivity index (χ4n) is 4.02. The molecule has 2 aromatic carbocycles. The first kappa shape index (κ1) is 18.5. The normalized spacial score (nSPS) is 23.7. The molecule has 3 atom stereocenters. The van der Waals surface area contributed by atoms with Crippen LogP contribution in [0.2, 0.25) is 5.02 Å². The van der Waals surface area contributed by atoms with Gasteiger partial charge in [-0.25, -0.2) is 0 Å². The summed E-state index contributed by atoms with van der Waals surface area (Å²) < 4.78 is 11.7. The summed E-state index contributed by atoms with van der Waals surface area (Å²) in [6, 6.07) is 11.9. The average Bonchev–Trinajstić information content (AvgIpc) is 2.59. The highest BCUT2D eigenvalue weighted by atomic mass is 35.5. The Balaban J connectivity index is 1.40. The van der Waals surface area contributed by atoms with Crippen molar-refractivity contribution in [3.05, 3.63) is 41.4 Å². The predicted molar refractivity (Wildman–Crippen MR) is 104 cm³/mol. The van der Waals surface area contributed by atoms with Gasteiger partial charge in [0.05, 0.1) is 26.3 Å². The molecule has 1 heterocycles. The summed E-state index contributed by atoms with van der Waals surface area (Å²) in [6.07, 6.45) is 1.37. The zero-order valence-corrected chi connectivity index (χ0v) is 16.0. The van der Waals surface area contributed by atoms with Crippen LogP contribution in [0.5, 0.6) is 5.75 Å². The number of halogens is 1. The van der Waals surface area contributed by atoms with Gasteiger partial charge in [0, 0.05) is 27.6 Å². The number of fused-ring (bicyclic) bond motifs is 1. The lowest BCUT2D eigenvalue weighted by atomic mass is 9.92. The third-order valence-corrected chi connectivity index (χ3v) is 5.32. The highest BCUT2D eigenvalue weighted by Crippen LogP contribution is 2.31. The Morgan fingerprint density at radius 2 is 1.68 bits per heavy atom. The Hall–Kier alpha value is -1.29. The molecule has 0 amide bonds. The van der Waals surface area contributed by atoms with E-state index in [1.54, 1.807) is 4.90 Å². The smallest absolute Gasteiger partial charge is 0.127 e. The number of ether oxygens (including phenoxy) is 2. The lowest BCUT2D eigenvalue weighted by Gasteiger charge is -2.31. The van der Waals surface area contributed by atoms with Crippen molar-refractivity contribution in [3.63, 3.8) is 0 Å². The van der Waals surface area contributed by atoms with Crippen LogP contribution in [0.4, 0.5) is 0 Å². The van der Waals surface area contributed by atoms with Crippen molar-refractivity contribution in [2.45, 2.75) is 20.3 Å². The van der Waals surface area contributed by atoms with Crippen molar-refractivity contribution in [3.8, 4) is 5.75 Å². The summed E-state index contributed by atoms with van der Waals surface area (Å²) in [6.45, 7) is 10.4. The number of hydrogen-bond acceptors (Lipinski definition) is 2. The first-order chi connectivity index (χ1) is 12.1. The van der Waals surface area contributed by atoms with Crippen molar-refractivity contribution in [2.75, 3.05) is 39.5 Å². The van der Waals surface area contributed by atoms with E-state index in [1.165, 1.54) is 19.5 Å². The standard InChI is InChI=1S/C21H28ClNO2/c1-16-13-17(2)15-23(14-16)9-10-24-11-12-25-21-8-7-20(22)18-5-3-4-6-19(18)21/h3-8,16-17H,9-15H2,1-2H3/p+1/t16-,17+. The monoisotopic (exact) mass is 362 g/mol. The summed E-state index contributed by atoms with van der Waals surface area (Å²) in [4.78, 5) is 1.68. The Labute approximate surface area is 155 Å². The Morgan fingerprint density at radius 1 is 0.960 bits per heavy atom. The molecule has 1 unspecified atom stereocenters. The first-order valence-electron chi connectivity index (χ1n) is 9.35. The largest absolute Gasteiger partial charge is 0.491 e. The molecule has 1 N–H and O–H groups in total. The van der Waals surface area contributed by atoms with E-state index in [1.807, 2.05) is 36.4 Å². The second-order valence-corrected chi connectivity index (χ2v) is 7.81. The molecule has 0 aromatic heterocycles. The number of rotatable bonds is 7. The van der Waals surface area contributed by atoms with E-state index in [4.69, 9.17) is 21.1 Å². The van der Waals surface area contributed by atoms with Gasteiger partial charge in [-0.15, -0.1) is 0 Å². The Kier molecular flexibility index (Phi) is 6.57. The van der Waals surface area contributed by atoms with Crippen LogP contribution in [0.1, 0.15) is 20.3 Å². The lowest BCUT2D eigenvalue weighted by molar-refractivity contribution is -0.912. The van der Waals surface area contributed by atoms with E-state index in [0.717, 1.165) is 46.5 Å². The Morgan fingerprint density at radius 3 is 2.44 bits per heavy atom. The van der Waals surface area contributed by atoms with Gasteiger partial charge in [0.2, 0.25) is 0 Å². The van der Waals surface area contributed by atoms with Gasteiger partial charge in [-0.2, -0.15) is 0 Å². The van der Waals surface area contributed by atoms with Crippen LogP contribution in [0.15, 0.2) is 36.4 Å². The van der Waals surface area contributed by atoms with Crippen molar-refractivity contribution in [1.82, 2.24) is 0 Å². The van der Waals surface area contributed by atoms with Crippen molar-refractivity contribution in [2.24, 2.45) is 11.8 Å². The maximum absolute atomic E-state index is 6.24. The molecule has 0 spiro atoms. The Bertz CT molecular complexity index is 681. The van der Waals surface area contributed by atoms with Crippen molar-refractivity contribution >= 4 is 22.4 Å². The van der Waals surface area contributed by atoms with Crippen LogP contribution < -0.4 is 9.64 Å². The van der Waals surface area contributed by atoms with Gasteiger partial charge in [0.25, 0.3) is 0 Å². The van der Waals surface area contributed by atoms with Crippen LogP contribution >= 0.6 is 11.6 Å². The molecular weight excluding hydrogens is 334 g/mol. The minimum absolute atomic E-state index is 0.563. The van der Waals surface area contributed by atoms with Gasteiger partial charge < -0.3 is 14.4 Å². The molecule has 1 saturated heterocycles. The molecule has 0 bridgehead atoms. The van der Waals surface area contributed by atoms with Gasteiger partial charge in [-0.05, 0) is 18.6 Å². The van der Waals surface area contributed by atoms with Crippen molar-refractivity contribution < 1.29 is 14.4 Å². The third-order valence-electron chi connectivity index (χ3n) is 5.00. The quantitative estimate of drug-likeness (QED) is 0.762.